The predicted octanol–water partition coefficient (Wildman–Crippen LogP) is 1.87. The molecule has 214 valence electrons. The first-order valence-corrected chi connectivity index (χ1v) is 15.4. The van der Waals surface area contributed by atoms with Crippen LogP contribution in [0.15, 0.2) is 60.9 Å². The Balaban J connectivity index is 1.34. The van der Waals surface area contributed by atoms with Gasteiger partial charge in [-0.1, -0.05) is 30.3 Å². The summed E-state index contributed by atoms with van der Waals surface area (Å²) >= 11 is 0. The van der Waals surface area contributed by atoms with Gasteiger partial charge in [0.05, 0.1) is 24.4 Å². The standard InChI is InChI=1S/C29H38N6O4S/c1-34(17-18-40(3,36)37)16-8-7-15-30-28-19-26-27(20-35(28)38-2)31-22-32-29(26)33-24-11-13-25(14-12-24)39-21-23-9-5-4-6-10-23/h4-6,9-14,19-20,22,28,30H,7-8,15-18,21H2,1-3H3,(H,31,32,33). The Bertz CT molecular complexity index is 1450. The zero-order valence-corrected chi connectivity index (χ0v) is 24.1. The third-order valence-electron chi connectivity index (χ3n) is 6.50. The fourth-order valence-electron chi connectivity index (χ4n) is 4.23. The van der Waals surface area contributed by atoms with E-state index in [9.17, 15) is 8.42 Å². The maximum absolute atomic E-state index is 11.4. The van der Waals surface area contributed by atoms with Crippen molar-refractivity contribution in [2.75, 3.05) is 51.1 Å². The molecule has 0 saturated heterocycles. The lowest BCUT2D eigenvalue weighted by Gasteiger charge is -2.29. The van der Waals surface area contributed by atoms with E-state index in [2.05, 4.69) is 31.6 Å². The molecule has 4 rings (SSSR count). The lowest BCUT2D eigenvalue weighted by atomic mass is 10.2. The normalized spacial score (nSPS) is 14.8. The first kappa shape index (κ1) is 29.5. The van der Waals surface area contributed by atoms with Gasteiger partial charge in [-0.05, 0) is 68.9 Å². The summed E-state index contributed by atoms with van der Waals surface area (Å²) in [5, 5.41) is 10.3. The Labute approximate surface area is 236 Å². The lowest BCUT2D eigenvalue weighted by molar-refractivity contribution is -0.0945. The van der Waals surface area contributed by atoms with E-state index < -0.39 is 9.84 Å². The third kappa shape index (κ3) is 9.02. The average Bonchev–Trinajstić information content (AvgIpc) is 2.95. The van der Waals surface area contributed by atoms with E-state index in [-0.39, 0.29) is 11.9 Å². The number of aromatic nitrogens is 2. The number of hydrogen-bond donors (Lipinski definition) is 2. The van der Waals surface area contributed by atoms with Crippen molar-refractivity contribution in [3.05, 3.63) is 77.1 Å². The molecule has 1 unspecified atom stereocenters. The molecule has 11 heteroatoms. The molecule has 2 N–H and O–H groups in total. The molecule has 0 spiro atoms. The van der Waals surface area contributed by atoms with E-state index >= 15 is 0 Å². The summed E-state index contributed by atoms with van der Waals surface area (Å²) in [5.41, 5.74) is 2.01. The zero-order chi connectivity index (χ0) is 28.4. The molecule has 0 bridgehead atoms. The van der Waals surface area contributed by atoms with Crippen LogP contribution in [0.5, 0.6) is 5.75 Å². The van der Waals surface area contributed by atoms with Crippen LogP contribution in [0, 0.1) is 0 Å². The van der Waals surface area contributed by atoms with Crippen molar-refractivity contribution in [1.82, 2.24) is 25.2 Å². The summed E-state index contributed by atoms with van der Waals surface area (Å²) in [5.74, 6) is 1.68. The lowest BCUT2D eigenvalue weighted by Crippen LogP contribution is -2.49. The minimum Gasteiger partial charge on any atom is -0.489 e. The maximum atomic E-state index is 11.4. The molecule has 0 saturated carbocycles. The van der Waals surface area contributed by atoms with Gasteiger partial charge in [0, 0.05) is 23.7 Å². The number of hydrogen-bond acceptors (Lipinski definition) is 10. The number of unbranched alkanes of at least 4 members (excludes halogenated alkanes) is 1. The van der Waals surface area contributed by atoms with Crippen LogP contribution < -0.4 is 25.9 Å². The Kier molecular flexibility index (Phi) is 10.5. The van der Waals surface area contributed by atoms with Crippen LogP contribution in [0.2, 0.25) is 0 Å². The van der Waals surface area contributed by atoms with Gasteiger partial charge in [-0.3, -0.25) is 10.2 Å². The molecule has 10 nitrogen and oxygen atoms in total. The van der Waals surface area contributed by atoms with Gasteiger partial charge in [0.2, 0.25) is 0 Å². The van der Waals surface area contributed by atoms with E-state index in [1.807, 2.05) is 67.8 Å². The number of sulfone groups is 1. The summed E-state index contributed by atoms with van der Waals surface area (Å²) in [6, 6.07) is 17.9. The number of rotatable bonds is 15. The van der Waals surface area contributed by atoms with Crippen LogP contribution in [0.3, 0.4) is 0 Å². The molecule has 0 fully saturated rings. The van der Waals surface area contributed by atoms with Crippen molar-refractivity contribution < 1.29 is 18.0 Å². The SMILES string of the molecule is CON1C=c2ncnc(Nc3ccc(OCc4ccccc4)cc3)c2=CC1NCCCCN(C)CCS(C)(=O)=O. The van der Waals surface area contributed by atoms with E-state index in [0.717, 1.165) is 53.5 Å². The second kappa shape index (κ2) is 14.2. The van der Waals surface area contributed by atoms with Crippen LogP contribution in [0.4, 0.5) is 11.5 Å². The molecule has 0 radical (unpaired) electrons. The highest BCUT2D eigenvalue weighted by molar-refractivity contribution is 7.90. The fourth-order valence-corrected chi connectivity index (χ4v) is 4.87. The van der Waals surface area contributed by atoms with Crippen LogP contribution >= 0.6 is 0 Å². The molecule has 40 heavy (non-hydrogen) atoms. The smallest absolute Gasteiger partial charge is 0.148 e. The monoisotopic (exact) mass is 566 g/mol. The molecule has 3 aromatic rings. The third-order valence-corrected chi connectivity index (χ3v) is 7.43. The minimum atomic E-state index is -2.94. The van der Waals surface area contributed by atoms with Crippen LogP contribution in [-0.2, 0) is 21.3 Å². The molecule has 0 amide bonds. The highest BCUT2D eigenvalue weighted by atomic mass is 32.2. The molecule has 2 aromatic carbocycles. The molecule has 1 atom stereocenters. The number of fused-ring (bicyclic) bond motifs is 1. The fraction of sp³-hybridized carbons (Fsp3) is 0.379. The van der Waals surface area contributed by atoms with Crippen molar-refractivity contribution in [1.29, 1.82) is 0 Å². The molecule has 1 aliphatic heterocycles. The van der Waals surface area contributed by atoms with Gasteiger partial charge < -0.3 is 15.0 Å². The molecular weight excluding hydrogens is 528 g/mol. The second-order valence-electron chi connectivity index (χ2n) is 9.82. The minimum absolute atomic E-state index is 0.182. The quantitative estimate of drug-likeness (QED) is 0.265. The van der Waals surface area contributed by atoms with Gasteiger partial charge in [-0.25, -0.2) is 23.4 Å². The first-order chi connectivity index (χ1) is 19.3. The molecule has 1 aromatic heterocycles. The van der Waals surface area contributed by atoms with Crippen molar-refractivity contribution >= 4 is 33.6 Å². The van der Waals surface area contributed by atoms with Crippen molar-refractivity contribution in [3.63, 3.8) is 0 Å². The average molecular weight is 567 g/mol. The molecular formula is C29H38N6O4S. The second-order valence-corrected chi connectivity index (χ2v) is 12.1. The van der Waals surface area contributed by atoms with Crippen LogP contribution in [-0.4, -0.2) is 80.3 Å². The predicted molar refractivity (Wildman–Crippen MR) is 158 cm³/mol. The van der Waals surface area contributed by atoms with Gasteiger partial charge in [0.15, 0.2) is 0 Å². The Morgan fingerprint density at radius 3 is 2.52 bits per heavy atom. The Morgan fingerprint density at radius 1 is 1.02 bits per heavy atom. The first-order valence-electron chi connectivity index (χ1n) is 13.3. The highest BCUT2D eigenvalue weighted by Gasteiger charge is 2.18. The number of hydroxylamine groups is 2. The summed E-state index contributed by atoms with van der Waals surface area (Å²) in [4.78, 5) is 16.5. The number of ether oxygens (including phenoxy) is 1. The topological polar surface area (TPSA) is 109 Å². The van der Waals surface area contributed by atoms with E-state index in [0.29, 0.717) is 19.0 Å². The summed E-state index contributed by atoms with van der Waals surface area (Å²) in [6.07, 6.45) is 8.41. The largest absolute Gasteiger partial charge is 0.489 e. The summed E-state index contributed by atoms with van der Waals surface area (Å²) in [7, 11) is 0.636. The number of anilines is 2. The van der Waals surface area contributed by atoms with E-state index in [4.69, 9.17) is 9.57 Å². The van der Waals surface area contributed by atoms with Crippen LogP contribution in [0.1, 0.15) is 18.4 Å². The van der Waals surface area contributed by atoms with Crippen molar-refractivity contribution in [3.8, 4) is 5.75 Å². The Hall–Kier alpha value is -3.51. The Morgan fingerprint density at radius 2 is 1.80 bits per heavy atom. The van der Waals surface area contributed by atoms with Gasteiger partial charge in [0.1, 0.15) is 40.5 Å². The van der Waals surface area contributed by atoms with Gasteiger partial charge in [-0.15, -0.1) is 0 Å². The number of nitrogens with one attached hydrogen (secondary N) is 2. The van der Waals surface area contributed by atoms with E-state index in [1.165, 1.54) is 12.6 Å². The number of benzene rings is 2. The highest BCUT2D eigenvalue weighted by Crippen LogP contribution is 2.19. The van der Waals surface area contributed by atoms with Crippen molar-refractivity contribution in [2.24, 2.45) is 0 Å². The van der Waals surface area contributed by atoms with E-state index in [1.54, 1.807) is 12.2 Å². The number of nitrogens with zero attached hydrogens (tertiary/aromatic N) is 4. The van der Waals surface area contributed by atoms with Gasteiger partial charge in [0.25, 0.3) is 0 Å². The zero-order valence-electron chi connectivity index (χ0n) is 23.3. The van der Waals surface area contributed by atoms with Crippen LogP contribution in [0.25, 0.3) is 12.3 Å². The molecule has 1 aliphatic rings. The summed E-state index contributed by atoms with van der Waals surface area (Å²) in [6.45, 7) is 2.67. The summed E-state index contributed by atoms with van der Waals surface area (Å²) < 4.78 is 28.6. The van der Waals surface area contributed by atoms with Gasteiger partial charge >= 0.3 is 0 Å². The molecule has 0 aliphatic carbocycles. The molecule has 2 heterocycles. The van der Waals surface area contributed by atoms with Crippen molar-refractivity contribution in [2.45, 2.75) is 25.6 Å². The van der Waals surface area contributed by atoms with Gasteiger partial charge in [-0.2, -0.15) is 0 Å². The maximum Gasteiger partial charge on any atom is 0.148 e.